The Kier molecular flexibility index (Phi) is 6.14. The van der Waals surface area contributed by atoms with E-state index in [0.717, 1.165) is 31.4 Å². The molecule has 1 aliphatic rings. The van der Waals surface area contributed by atoms with Gasteiger partial charge in [0.15, 0.2) is 0 Å². The molecule has 1 aliphatic heterocycles. The molecule has 1 unspecified atom stereocenters. The lowest BCUT2D eigenvalue weighted by molar-refractivity contribution is 0.0849. The molecule has 4 N–H and O–H groups in total. The van der Waals surface area contributed by atoms with E-state index in [1.54, 1.807) is 0 Å². The van der Waals surface area contributed by atoms with Gasteiger partial charge < -0.3 is 16.2 Å². The zero-order valence-corrected chi connectivity index (χ0v) is 14.8. The first-order valence-corrected chi connectivity index (χ1v) is 9.00. The molecule has 0 bridgehead atoms. The molecule has 1 aromatic carbocycles. The summed E-state index contributed by atoms with van der Waals surface area (Å²) in [5, 5.41) is 12.4. The largest absolute Gasteiger partial charge is 0.395 e. The number of nitrogens with zero attached hydrogens (tertiary/aromatic N) is 3. The van der Waals surface area contributed by atoms with Crippen molar-refractivity contribution >= 4 is 11.9 Å². The molecule has 0 aliphatic carbocycles. The van der Waals surface area contributed by atoms with Gasteiger partial charge >= 0.3 is 0 Å². The van der Waals surface area contributed by atoms with Crippen molar-refractivity contribution in [2.75, 3.05) is 32.0 Å². The van der Waals surface area contributed by atoms with Crippen LogP contribution < -0.4 is 11.1 Å². The van der Waals surface area contributed by atoms with E-state index >= 15 is 0 Å². The van der Waals surface area contributed by atoms with Crippen molar-refractivity contribution in [3.8, 4) is 11.3 Å². The Labute approximate surface area is 153 Å². The van der Waals surface area contributed by atoms with Gasteiger partial charge in [0.25, 0.3) is 5.91 Å². The normalized spacial score (nSPS) is 17.8. The molecule has 1 saturated heterocycles. The van der Waals surface area contributed by atoms with Gasteiger partial charge in [-0.15, -0.1) is 0 Å². The number of aliphatic hydroxyl groups excluding tert-OH is 1. The third kappa shape index (κ3) is 4.36. The summed E-state index contributed by atoms with van der Waals surface area (Å²) < 4.78 is 0. The number of anilines is 1. The molecule has 1 aromatic heterocycles. The van der Waals surface area contributed by atoms with Crippen molar-refractivity contribution in [3.05, 3.63) is 42.1 Å². The third-order valence-corrected chi connectivity index (χ3v) is 4.74. The van der Waals surface area contributed by atoms with E-state index in [-0.39, 0.29) is 24.5 Å². The first kappa shape index (κ1) is 18.3. The maximum absolute atomic E-state index is 12.6. The lowest BCUT2D eigenvalue weighted by Crippen LogP contribution is -2.45. The third-order valence-electron chi connectivity index (χ3n) is 4.74. The van der Waals surface area contributed by atoms with E-state index in [1.165, 1.54) is 6.20 Å². The molecule has 0 radical (unpaired) electrons. The fourth-order valence-electron chi connectivity index (χ4n) is 3.35. The molecule has 0 saturated carbocycles. The molecule has 138 valence electrons. The molecule has 26 heavy (non-hydrogen) atoms. The smallest absolute Gasteiger partial charge is 0.255 e. The molecule has 1 atom stereocenters. The Morgan fingerprint density at radius 3 is 2.88 bits per heavy atom. The quantitative estimate of drug-likeness (QED) is 0.721. The average molecular weight is 355 g/mol. The van der Waals surface area contributed by atoms with Gasteiger partial charge in [-0.1, -0.05) is 36.8 Å². The summed E-state index contributed by atoms with van der Waals surface area (Å²) in [5.41, 5.74) is 7.47. The number of carbonyl (C=O) groups is 1. The predicted molar refractivity (Wildman–Crippen MR) is 101 cm³/mol. The number of rotatable bonds is 6. The number of likely N-dealkylation sites (tertiary alicyclic amines) is 1. The molecule has 7 nitrogen and oxygen atoms in total. The van der Waals surface area contributed by atoms with Gasteiger partial charge in [-0.2, -0.15) is 0 Å². The number of nitrogen functional groups attached to an aromatic ring is 1. The Bertz CT molecular complexity index is 738. The van der Waals surface area contributed by atoms with Crippen molar-refractivity contribution in [2.24, 2.45) is 0 Å². The highest BCUT2D eigenvalue weighted by molar-refractivity contribution is 5.99. The Hall–Kier alpha value is -2.51. The fraction of sp³-hybridized carbons (Fsp3) is 0.421. The maximum atomic E-state index is 12.6. The van der Waals surface area contributed by atoms with Crippen LogP contribution in [0.25, 0.3) is 11.3 Å². The summed E-state index contributed by atoms with van der Waals surface area (Å²) >= 11 is 0. The molecule has 7 heteroatoms. The van der Waals surface area contributed by atoms with Gasteiger partial charge in [-0.3, -0.25) is 9.69 Å². The van der Waals surface area contributed by atoms with E-state index in [2.05, 4.69) is 20.2 Å². The highest BCUT2D eigenvalue weighted by Gasteiger charge is 2.21. The van der Waals surface area contributed by atoms with Crippen LogP contribution in [0.3, 0.4) is 0 Å². The summed E-state index contributed by atoms with van der Waals surface area (Å²) in [5.74, 6) is -0.0825. The molecule has 0 spiro atoms. The van der Waals surface area contributed by atoms with Crippen molar-refractivity contribution in [1.29, 1.82) is 0 Å². The van der Waals surface area contributed by atoms with Crippen LogP contribution in [0.4, 0.5) is 5.95 Å². The minimum Gasteiger partial charge on any atom is -0.395 e. The summed E-state index contributed by atoms with van der Waals surface area (Å²) in [6.07, 6.45) is 4.76. The second-order valence-corrected chi connectivity index (χ2v) is 6.48. The molecule has 1 amide bonds. The number of benzene rings is 1. The topological polar surface area (TPSA) is 104 Å². The van der Waals surface area contributed by atoms with Crippen molar-refractivity contribution in [2.45, 2.75) is 25.3 Å². The molecular weight excluding hydrogens is 330 g/mol. The number of hydrogen-bond acceptors (Lipinski definition) is 6. The number of amides is 1. The van der Waals surface area contributed by atoms with Crippen LogP contribution in [-0.2, 0) is 0 Å². The van der Waals surface area contributed by atoms with Gasteiger partial charge in [0.05, 0.1) is 17.9 Å². The van der Waals surface area contributed by atoms with Crippen LogP contribution in [0.2, 0.25) is 0 Å². The minimum absolute atomic E-state index is 0.138. The lowest BCUT2D eigenvalue weighted by atomic mass is 10.0. The molecule has 2 aromatic rings. The average Bonchev–Trinajstić information content (AvgIpc) is 2.69. The summed E-state index contributed by atoms with van der Waals surface area (Å²) in [6.45, 7) is 2.35. The van der Waals surface area contributed by atoms with E-state index in [4.69, 9.17) is 5.73 Å². The monoisotopic (exact) mass is 355 g/mol. The van der Waals surface area contributed by atoms with E-state index < -0.39 is 0 Å². The van der Waals surface area contributed by atoms with Crippen LogP contribution in [0, 0.1) is 0 Å². The first-order chi connectivity index (χ1) is 12.7. The zero-order valence-electron chi connectivity index (χ0n) is 14.8. The molecule has 3 rings (SSSR count). The SMILES string of the molecule is Nc1ncc(C(=O)NCCN2CCCCC2CO)c(-c2ccccc2)n1. The second kappa shape index (κ2) is 8.73. The van der Waals surface area contributed by atoms with E-state index in [0.29, 0.717) is 24.3 Å². The van der Waals surface area contributed by atoms with Crippen molar-refractivity contribution in [1.82, 2.24) is 20.2 Å². The van der Waals surface area contributed by atoms with Crippen molar-refractivity contribution < 1.29 is 9.90 Å². The maximum Gasteiger partial charge on any atom is 0.255 e. The van der Waals surface area contributed by atoms with Crippen LogP contribution in [0.15, 0.2) is 36.5 Å². The van der Waals surface area contributed by atoms with E-state index in [9.17, 15) is 9.90 Å². The van der Waals surface area contributed by atoms with E-state index in [1.807, 2.05) is 30.3 Å². The van der Waals surface area contributed by atoms with Crippen LogP contribution in [0.1, 0.15) is 29.6 Å². The zero-order chi connectivity index (χ0) is 18.4. The van der Waals surface area contributed by atoms with Crippen molar-refractivity contribution in [3.63, 3.8) is 0 Å². The number of carbonyl (C=O) groups excluding carboxylic acids is 1. The second-order valence-electron chi connectivity index (χ2n) is 6.48. The van der Waals surface area contributed by atoms with Crippen LogP contribution in [-0.4, -0.2) is 58.2 Å². The Balaban J connectivity index is 1.66. The molecule has 2 heterocycles. The Morgan fingerprint density at radius 1 is 1.31 bits per heavy atom. The number of aliphatic hydroxyl groups is 1. The summed E-state index contributed by atoms with van der Waals surface area (Å²) in [6, 6.07) is 9.65. The van der Waals surface area contributed by atoms with Gasteiger partial charge in [-0.25, -0.2) is 9.97 Å². The van der Waals surface area contributed by atoms with Gasteiger partial charge in [-0.05, 0) is 19.4 Å². The molecule has 1 fully saturated rings. The number of hydrogen-bond donors (Lipinski definition) is 3. The lowest BCUT2D eigenvalue weighted by Gasteiger charge is -2.34. The Morgan fingerprint density at radius 2 is 2.12 bits per heavy atom. The predicted octanol–water partition coefficient (Wildman–Crippen LogP) is 1.30. The number of nitrogens with two attached hydrogens (primary N) is 1. The highest BCUT2D eigenvalue weighted by atomic mass is 16.3. The number of aromatic nitrogens is 2. The summed E-state index contributed by atoms with van der Waals surface area (Å²) in [4.78, 5) is 23.1. The summed E-state index contributed by atoms with van der Waals surface area (Å²) in [7, 11) is 0. The van der Waals surface area contributed by atoms with Gasteiger partial charge in [0, 0.05) is 30.9 Å². The molecular formula is C19H25N5O2. The number of nitrogens with one attached hydrogen (secondary N) is 1. The van der Waals surface area contributed by atoms with Gasteiger partial charge in [0.1, 0.15) is 0 Å². The first-order valence-electron chi connectivity index (χ1n) is 9.00. The fourth-order valence-corrected chi connectivity index (χ4v) is 3.35. The van der Waals surface area contributed by atoms with Crippen LogP contribution >= 0.6 is 0 Å². The minimum atomic E-state index is -0.221. The van der Waals surface area contributed by atoms with Crippen LogP contribution in [0.5, 0.6) is 0 Å². The number of piperidine rings is 1. The standard InChI is InChI=1S/C19H25N5O2/c20-19-22-12-16(17(23-19)14-6-2-1-3-7-14)18(26)21-9-11-24-10-5-4-8-15(24)13-25/h1-3,6-7,12,15,25H,4-5,8-11,13H2,(H,21,26)(H2,20,22,23). The van der Waals surface area contributed by atoms with Gasteiger partial charge in [0.2, 0.25) is 5.95 Å². The highest BCUT2D eigenvalue weighted by Crippen LogP contribution is 2.21.